The van der Waals surface area contributed by atoms with Crippen LogP contribution in [0.15, 0.2) is 24.4 Å². The first-order valence-corrected chi connectivity index (χ1v) is 6.18. The molecule has 1 aromatic carbocycles. The predicted octanol–water partition coefficient (Wildman–Crippen LogP) is 3.39. The fraction of sp³-hybridized carbons (Fsp3) is 0.308. The molecule has 1 N–H and O–H groups in total. The van der Waals surface area contributed by atoms with E-state index in [9.17, 15) is 4.39 Å². The third-order valence-electron chi connectivity index (χ3n) is 2.73. The number of nitrogens with one attached hydrogen (secondary N) is 1. The maximum atomic E-state index is 13.3. The standard InChI is InChI=1S/C13H15ClFN3/c1-3-13-9(8-18(2)17-13)7-16-10-4-5-11(14)12(15)6-10/h4-6,8,16H,3,7H2,1-2H3. The average molecular weight is 268 g/mol. The van der Waals surface area contributed by atoms with Gasteiger partial charge >= 0.3 is 0 Å². The summed E-state index contributed by atoms with van der Waals surface area (Å²) in [6.45, 7) is 2.69. The molecule has 0 amide bonds. The first-order valence-electron chi connectivity index (χ1n) is 5.80. The van der Waals surface area contributed by atoms with Gasteiger partial charge in [0, 0.05) is 31.0 Å². The van der Waals surface area contributed by atoms with E-state index in [1.165, 1.54) is 6.07 Å². The minimum atomic E-state index is -0.413. The van der Waals surface area contributed by atoms with Gasteiger partial charge < -0.3 is 5.32 Å². The fourth-order valence-corrected chi connectivity index (χ4v) is 1.95. The lowest BCUT2D eigenvalue weighted by Crippen LogP contribution is -2.01. The molecule has 18 heavy (non-hydrogen) atoms. The molecule has 5 heteroatoms. The van der Waals surface area contributed by atoms with Gasteiger partial charge in [-0.2, -0.15) is 5.10 Å². The predicted molar refractivity (Wildman–Crippen MR) is 71.3 cm³/mol. The third kappa shape index (κ3) is 2.82. The Kier molecular flexibility index (Phi) is 3.87. The molecular formula is C13H15ClFN3. The van der Waals surface area contributed by atoms with Crippen molar-refractivity contribution in [2.24, 2.45) is 7.05 Å². The second-order valence-electron chi connectivity index (χ2n) is 4.11. The molecule has 0 bridgehead atoms. The summed E-state index contributed by atoms with van der Waals surface area (Å²) in [6, 6.07) is 4.70. The van der Waals surface area contributed by atoms with Crippen molar-refractivity contribution >= 4 is 17.3 Å². The molecule has 0 saturated heterocycles. The van der Waals surface area contributed by atoms with Crippen molar-refractivity contribution in [3.63, 3.8) is 0 Å². The molecular weight excluding hydrogens is 253 g/mol. The minimum absolute atomic E-state index is 0.135. The van der Waals surface area contributed by atoms with Gasteiger partial charge in [0.1, 0.15) is 5.82 Å². The van der Waals surface area contributed by atoms with Crippen LogP contribution in [0.3, 0.4) is 0 Å². The van der Waals surface area contributed by atoms with Crippen molar-refractivity contribution in [1.82, 2.24) is 9.78 Å². The second-order valence-corrected chi connectivity index (χ2v) is 4.52. The van der Waals surface area contributed by atoms with Crippen molar-refractivity contribution in [2.75, 3.05) is 5.32 Å². The Morgan fingerprint density at radius 2 is 2.22 bits per heavy atom. The normalized spacial score (nSPS) is 10.7. The summed E-state index contributed by atoms with van der Waals surface area (Å²) in [5.74, 6) is -0.413. The quantitative estimate of drug-likeness (QED) is 0.920. The van der Waals surface area contributed by atoms with Gasteiger partial charge in [-0.15, -0.1) is 0 Å². The summed E-state index contributed by atoms with van der Waals surface area (Å²) in [4.78, 5) is 0. The van der Waals surface area contributed by atoms with Gasteiger partial charge in [0.15, 0.2) is 0 Å². The zero-order chi connectivity index (χ0) is 13.1. The minimum Gasteiger partial charge on any atom is -0.381 e. The highest BCUT2D eigenvalue weighted by Gasteiger charge is 2.06. The first-order chi connectivity index (χ1) is 8.60. The molecule has 0 spiro atoms. The smallest absolute Gasteiger partial charge is 0.143 e. The summed E-state index contributed by atoms with van der Waals surface area (Å²) in [5, 5.41) is 7.65. The van der Waals surface area contributed by atoms with E-state index < -0.39 is 5.82 Å². The third-order valence-corrected chi connectivity index (χ3v) is 3.04. The van der Waals surface area contributed by atoms with Crippen molar-refractivity contribution in [3.8, 4) is 0 Å². The van der Waals surface area contributed by atoms with Crippen molar-refractivity contribution in [3.05, 3.63) is 46.5 Å². The lowest BCUT2D eigenvalue weighted by atomic mass is 10.2. The number of nitrogens with zero attached hydrogens (tertiary/aromatic N) is 2. The van der Waals surface area contributed by atoms with E-state index in [1.54, 1.807) is 16.8 Å². The highest BCUT2D eigenvalue weighted by molar-refractivity contribution is 6.30. The van der Waals surface area contributed by atoms with E-state index in [4.69, 9.17) is 11.6 Å². The molecule has 0 fully saturated rings. The topological polar surface area (TPSA) is 29.9 Å². The van der Waals surface area contributed by atoms with E-state index in [-0.39, 0.29) is 5.02 Å². The van der Waals surface area contributed by atoms with Crippen LogP contribution in [0.2, 0.25) is 5.02 Å². The van der Waals surface area contributed by atoms with Crippen LogP contribution >= 0.6 is 11.6 Å². The number of hydrogen-bond acceptors (Lipinski definition) is 2. The van der Waals surface area contributed by atoms with E-state index in [0.717, 1.165) is 17.7 Å². The Labute approximate surface area is 111 Å². The van der Waals surface area contributed by atoms with Crippen LogP contribution < -0.4 is 5.32 Å². The molecule has 0 radical (unpaired) electrons. The number of aromatic nitrogens is 2. The molecule has 3 nitrogen and oxygen atoms in total. The number of rotatable bonds is 4. The van der Waals surface area contributed by atoms with Gasteiger partial charge in [-0.25, -0.2) is 4.39 Å². The van der Waals surface area contributed by atoms with Crippen LogP contribution in [0.4, 0.5) is 10.1 Å². The summed E-state index contributed by atoms with van der Waals surface area (Å²) in [7, 11) is 1.89. The summed E-state index contributed by atoms with van der Waals surface area (Å²) in [5.41, 5.74) is 2.89. The van der Waals surface area contributed by atoms with E-state index >= 15 is 0 Å². The molecule has 0 atom stereocenters. The van der Waals surface area contributed by atoms with Crippen LogP contribution in [-0.4, -0.2) is 9.78 Å². The lowest BCUT2D eigenvalue weighted by molar-refractivity contribution is 0.628. The van der Waals surface area contributed by atoms with Crippen LogP contribution in [0.25, 0.3) is 0 Å². The second kappa shape index (κ2) is 5.40. The van der Waals surface area contributed by atoms with Gasteiger partial charge in [-0.1, -0.05) is 18.5 Å². The van der Waals surface area contributed by atoms with Crippen molar-refractivity contribution in [2.45, 2.75) is 19.9 Å². The van der Waals surface area contributed by atoms with Crippen LogP contribution in [-0.2, 0) is 20.0 Å². The number of benzene rings is 1. The maximum Gasteiger partial charge on any atom is 0.143 e. The first kappa shape index (κ1) is 12.9. The number of hydrogen-bond donors (Lipinski definition) is 1. The van der Waals surface area contributed by atoms with Gasteiger partial charge in [-0.05, 0) is 24.6 Å². The van der Waals surface area contributed by atoms with Gasteiger partial charge in [-0.3, -0.25) is 4.68 Å². The molecule has 0 saturated carbocycles. The van der Waals surface area contributed by atoms with Gasteiger partial charge in [0.05, 0.1) is 10.7 Å². The van der Waals surface area contributed by atoms with Crippen LogP contribution in [0.5, 0.6) is 0 Å². The van der Waals surface area contributed by atoms with Crippen LogP contribution in [0.1, 0.15) is 18.2 Å². The fourth-order valence-electron chi connectivity index (χ4n) is 1.83. The van der Waals surface area contributed by atoms with Gasteiger partial charge in [0.25, 0.3) is 0 Å². The SMILES string of the molecule is CCc1nn(C)cc1CNc1ccc(Cl)c(F)c1. The van der Waals surface area contributed by atoms with Gasteiger partial charge in [0.2, 0.25) is 0 Å². The summed E-state index contributed by atoms with van der Waals surface area (Å²) in [6.07, 6.45) is 2.85. The Bertz CT molecular complexity index is 551. The zero-order valence-electron chi connectivity index (χ0n) is 10.4. The summed E-state index contributed by atoms with van der Waals surface area (Å²) < 4.78 is 15.1. The Balaban J connectivity index is 2.08. The largest absolute Gasteiger partial charge is 0.381 e. The Hall–Kier alpha value is -1.55. The molecule has 1 aromatic heterocycles. The molecule has 0 aliphatic rings. The van der Waals surface area contributed by atoms with E-state index in [1.807, 2.05) is 13.2 Å². The molecule has 1 heterocycles. The molecule has 2 aromatic rings. The average Bonchev–Trinajstić information content (AvgIpc) is 2.71. The van der Waals surface area contributed by atoms with Crippen molar-refractivity contribution in [1.29, 1.82) is 0 Å². The monoisotopic (exact) mass is 267 g/mol. The lowest BCUT2D eigenvalue weighted by Gasteiger charge is -2.06. The molecule has 0 unspecified atom stereocenters. The Morgan fingerprint density at radius 3 is 2.89 bits per heavy atom. The van der Waals surface area contributed by atoms with E-state index in [0.29, 0.717) is 12.2 Å². The number of halogens is 2. The Morgan fingerprint density at radius 1 is 1.44 bits per heavy atom. The molecule has 0 aliphatic carbocycles. The molecule has 2 rings (SSSR count). The summed E-state index contributed by atoms with van der Waals surface area (Å²) >= 11 is 5.63. The van der Waals surface area contributed by atoms with Crippen molar-refractivity contribution < 1.29 is 4.39 Å². The number of aryl methyl sites for hydroxylation is 2. The highest BCUT2D eigenvalue weighted by atomic mass is 35.5. The molecule has 0 aliphatic heterocycles. The highest BCUT2D eigenvalue weighted by Crippen LogP contribution is 2.19. The number of anilines is 1. The van der Waals surface area contributed by atoms with Crippen LogP contribution in [0, 0.1) is 5.82 Å². The van der Waals surface area contributed by atoms with E-state index in [2.05, 4.69) is 17.3 Å². The maximum absolute atomic E-state index is 13.3. The molecule has 96 valence electrons. The zero-order valence-corrected chi connectivity index (χ0v) is 11.1.